The second kappa shape index (κ2) is 12.3. The molecule has 1 amide bonds. The van der Waals surface area contributed by atoms with Crippen LogP contribution >= 0.6 is 0 Å². The lowest BCUT2D eigenvalue weighted by Gasteiger charge is -2.41. The van der Waals surface area contributed by atoms with Crippen molar-refractivity contribution in [3.63, 3.8) is 0 Å². The number of nitrogens with zero attached hydrogens (tertiary/aromatic N) is 4. The summed E-state index contributed by atoms with van der Waals surface area (Å²) in [5.41, 5.74) is 0.748. The zero-order valence-corrected chi connectivity index (χ0v) is 22.4. The maximum Gasteiger partial charge on any atom is 0.263 e. The highest BCUT2D eigenvalue weighted by molar-refractivity contribution is 7.85. The van der Waals surface area contributed by atoms with E-state index in [9.17, 15) is 17.8 Å². The number of aromatic nitrogens is 2. The van der Waals surface area contributed by atoms with Crippen LogP contribution in [-0.4, -0.2) is 88.1 Å². The van der Waals surface area contributed by atoms with E-state index in [0.717, 1.165) is 19.1 Å². The highest BCUT2D eigenvalue weighted by atomic mass is 32.2. The number of hydrogen-bond acceptors (Lipinski definition) is 9. The maximum absolute atomic E-state index is 13.3. The number of benzene rings is 1. The molecule has 0 bridgehead atoms. The van der Waals surface area contributed by atoms with Gasteiger partial charge < -0.3 is 30.6 Å². The van der Waals surface area contributed by atoms with Gasteiger partial charge in [0.05, 0.1) is 18.8 Å². The summed E-state index contributed by atoms with van der Waals surface area (Å²) in [6.45, 7) is 3.57. The first kappa shape index (κ1) is 27.4. The normalized spacial score (nSPS) is 21.9. The third kappa shape index (κ3) is 6.70. The Balaban J connectivity index is 1.36. The Hall–Kier alpha value is -3.19. The molecule has 13 heteroatoms. The summed E-state index contributed by atoms with van der Waals surface area (Å²) < 4.78 is 43.7. The van der Waals surface area contributed by atoms with Gasteiger partial charge in [-0.3, -0.25) is 9.00 Å². The second-order valence-corrected chi connectivity index (χ2v) is 11.8. The average molecular weight is 562 g/mol. The quantitative estimate of drug-likeness (QED) is 0.399. The van der Waals surface area contributed by atoms with Crippen molar-refractivity contribution in [1.29, 1.82) is 5.41 Å². The Morgan fingerprint density at radius 3 is 2.64 bits per heavy atom. The van der Waals surface area contributed by atoms with Crippen molar-refractivity contribution < 1.29 is 22.5 Å². The van der Waals surface area contributed by atoms with E-state index in [-0.39, 0.29) is 23.4 Å². The molecule has 0 saturated carbocycles. The largest absolute Gasteiger partial charge is 0.378 e. The lowest BCUT2D eigenvalue weighted by molar-refractivity contribution is -0.136. The molecule has 10 nitrogen and oxygen atoms in total. The van der Waals surface area contributed by atoms with E-state index in [4.69, 9.17) is 15.1 Å². The monoisotopic (exact) mass is 561 g/mol. The molecular formula is C26H33F2N7O3S. The van der Waals surface area contributed by atoms with Crippen molar-refractivity contribution in [2.24, 2.45) is 5.92 Å². The number of ether oxygens (including phenoxy) is 1. The standard InChI is InChI=1S/C26H33F2N7O3S/c27-23(28)18-2-1-3-20(13-18)30-24-21(14-29)25(33-26(32-24)31-19-4-10-39(37)11-5-19)35-15-17(16-35)12-22(36)34-6-8-38-9-7-34/h1-3,13-14,17,19,23,29H,4-12,15-16H2,(H2,30,31,32,33). The van der Waals surface area contributed by atoms with Crippen molar-refractivity contribution in [3.05, 3.63) is 35.4 Å². The highest BCUT2D eigenvalue weighted by Gasteiger charge is 2.34. The van der Waals surface area contributed by atoms with Gasteiger partial charge in [-0.05, 0) is 25.0 Å². The van der Waals surface area contributed by atoms with Gasteiger partial charge >= 0.3 is 0 Å². The van der Waals surface area contributed by atoms with Crippen LogP contribution in [0.3, 0.4) is 0 Å². The first-order chi connectivity index (χ1) is 18.9. The molecule has 3 aliphatic rings. The number of anilines is 4. The van der Waals surface area contributed by atoms with Gasteiger partial charge in [0, 0.05) is 84.3 Å². The molecule has 1 aromatic heterocycles. The molecule has 1 aromatic carbocycles. The average Bonchev–Trinajstić information content (AvgIpc) is 2.92. The maximum atomic E-state index is 13.3. The molecule has 3 aliphatic heterocycles. The summed E-state index contributed by atoms with van der Waals surface area (Å²) in [7, 11) is -0.807. The predicted octanol–water partition coefficient (Wildman–Crippen LogP) is 3.16. The molecule has 210 valence electrons. The highest BCUT2D eigenvalue weighted by Crippen LogP contribution is 2.34. The number of hydrogen-bond donors (Lipinski definition) is 3. The summed E-state index contributed by atoms with van der Waals surface area (Å²) in [4.78, 5) is 25.9. The van der Waals surface area contributed by atoms with E-state index in [1.165, 1.54) is 12.1 Å². The van der Waals surface area contributed by atoms with Gasteiger partial charge in [0.1, 0.15) is 11.6 Å². The van der Waals surface area contributed by atoms with Crippen LogP contribution in [0, 0.1) is 11.3 Å². The minimum atomic E-state index is -2.61. The Kier molecular flexibility index (Phi) is 8.66. The van der Waals surface area contributed by atoms with Gasteiger partial charge in [-0.2, -0.15) is 9.97 Å². The summed E-state index contributed by atoms with van der Waals surface area (Å²) in [5, 5.41) is 14.6. The molecule has 4 heterocycles. The number of morpholine rings is 1. The number of alkyl halides is 2. The number of carbonyl (C=O) groups is 1. The molecule has 3 N–H and O–H groups in total. The van der Waals surface area contributed by atoms with Crippen molar-refractivity contribution in [1.82, 2.24) is 14.9 Å². The van der Waals surface area contributed by atoms with E-state index in [1.54, 1.807) is 12.1 Å². The van der Waals surface area contributed by atoms with Gasteiger partial charge in [0.25, 0.3) is 6.43 Å². The van der Waals surface area contributed by atoms with Gasteiger partial charge in [0.15, 0.2) is 0 Å². The molecule has 3 fully saturated rings. The van der Waals surface area contributed by atoms with Crippen molar-refractivity contribution >= 4 is 46.2 Å². The molecule has 2 aromatic rings. The minimum Gasteiger partial charge on any atom is -0.378 e. The van der Waals surface area contributed by atoms with Gasteiger partial charge in [-0.15, -0.1) is 0 Å². The molecule has 0 atom stereocenters. The zero-order valence-electron chi connectivity index (χ0n) is 21.6. The summed E-state index contributed by atoms with van der Waals surface area (Å²) in [6.07, 6.45) is 0.451. The van der Waals surface area contributed by atoms with E-state index >= 15 is 0 Å². The number of amides is 1. The van der Waals surface area contributed by atoms with E-state index in [2.05, 4.69) is 15.6 Å². The van der Waals surface area contributed by atoms with Crippen LogP contribution in [0.2, 0.25) is 0 Å². The first-order valence-corrected chi connectivity index (χ1v) is 14.7. The van der Waals surface area contributed by atoms with Crippen molar-refractivity contribution in [2.75, 3.05) is 66.4 Å². The number of halogens is 2. The lowest BCUT2D eigenvalue weighted by atomic mass is 9.95. The Labute approximate surface area is 228 Å². The van der Waals surface area contributed by atoms with E-state index in [1.807, 2.05) is 9.80 Å². The van der Waals surface area contributed by atoms with Gasteiger partial charge in [-0.1, -0.05) is 12.1 Å². The van der Waals surface area contributed by atoms with E-state index in [0.29, 0.717) is 86.2 Å². The van der Waals surface area contributed by atoms with Crippen LogP contribution in [0.1, 0.15) is 36.8 Å². The topological polar surface area (TPSA) is 124 Å². The molecule has 3 saturated heterocycles. The van der Waals surface area contributed by atoms with E-state index < -0.39 is 17.2 Å². The molecule has 0 unspecified atom stereocenters. The summed E-state index contributed by atoms with van der Waals surface area (Å²) in [6, 6.07) is 5.99. The minimum absolute atomic E-state index is 0.0617. The Morgan fingerprint density at radius 1 is 1.21 bits per heavy atom. The SMILES string of the molecule is N=Cc1c(Nc2cccc(C(F)F)c2)nc(NC2CCS(=O)CC2)nc1N1CC(CC(=O)N2CCOCC2)C1. The fraction of sp³-hybridized carbons (Fsp3) is 0.538. The number of rotatable bonds is 9. The Morgan fingerprint density at radius 2 is 1.95 bits per heavy atom. The summed E-state index contributed by atoms with van der Waals surface area (Å²) in [5.74, 6) is 2.74. The second-order valence-electron chi connectivity index (χ2n) is 10.1. The van der Waals surface area contributed by atoms with Crippen LogP contribution < -0.4 is 15.5 Å². The predicted molar refractivity (Wildman–Crippen MR) is 147 cm³/mol. The van der Waals surface area contributed by atoms with Crippen LogP contribution in [0.4, 0.5) is 32.1 Å². The van der Waals surface area contributed by atoms with Crippen LogP contribution in [-0.2, 0) is 20.3 Å². The van der Waals surface area contributed by atoms with Crippen molar-refractivity contribution in [2.45, 2.75) is 31.7 Å². The fourth-order valence-corrected chi connectivity index (χ4v) is 6.36. The number of carbonyl (C=O) groups excluding carboxylic acids is 1. The van der Waals surface area contributed by atoms with Crippen LogP contribution in [0.5, 0.6) is 0 Å². The van der Waals surface area contributed by atoms with Crippen molar-refractivity contribution in [3.8, 4) is 0 Å². The fourth-order valence-electron chi connectivity index (χ4n) is 5.06. The molecule has 0 aliphatic carbocycles. The Bertz CT molecular complexity index is 1210. The van der Waals surface area contributed by atoms with Crippen LogP contribution in [0.15, 0.2) is 24.3 Å². The lowest BCUT2D eigenvalue weighted by Crippen LogP contribution is -2.50. The zero-order chi connectivity index (χ0) is 27.4. The number of nitrogens with one attached hydrogen (secondary N) is 3. The molecular weight excluding hydrogens is 528 g/mol. The van der Waals surface area contributed by atoms with Gasteiger partial charge in [-0.25, -0.2) is 8.78 Å². The molecule has 0 radical (unpaired) electrons. The van der Waals surface area contributed by atoms with Gasteiger partial charge in [0.2, 0.25) is 11.9 Å². The van der Waals surface area contributed by atoms with Crippen LogP contribution in [0.25, 0.3) is 0 Å². The molecule has 39 heavy (non-hydrogen) atoms. The smallest absolute Gasteiger partial charge is 0.263 e. The third-order valence-corrected chi connectivity index (χ3v) is 8.66. The first-order valence-electron chi connectivity index (χ1n) is 13.2. The third-order valence-electron chi connectivity index (χ3n) is 7.28. The molecule has 5 rings (SSSR count). The summed E-state index contributed by atoms with van der Waals surface area (Å²) >= 11 is 0. The molecule has 0 spiro atoms.